The molecule has 1 aromatic carbocycles. The molecule has 1 heterocycles. The highest BCUT2D eigenvalue weighted by Gasteiger charge is 2.25. The predicted octanol–water partition coefficient (Wildman–Crippen LogP) is 4.42. The summed E-state index contributed by atoms with van der Waals surface area (Å²) < 4.78 is 4.95. The van der Waals surface area contributed by atoms with Gasteiger partial charge >= 0.3 is 5.97 Å². The Morgan fingerprint density at radius 1 is 1.35 bits per heavy atom. The molecule has 5 heteroatoms. The SMILES string of the molecule is CCCC(C(=O)OC)c1cncnc1-c1ccc(CC)cc1Cl. The van der Waals surface area contributed by atoms with E-state index in [1.807, 2.05) is 25.1 Å². The first-order valence-corrected chi connectivity index (χ1v) is 8.16. The maximum absolute atomic E-state index is 12.2. The number of aromatic nitrogens is 2. The minimum atomic E-state index is -0.386. The molecular formula is C18H21ClN2O2. The van der Waals surface area contributed by atoms with E-state index in [9.17, 15) is 4.79 Å². The van der Waals surface area contributed by atoms with Crippen LogP contribution in [0.4, 0.5) is 0 Å². The zero-order chi connectivity index (χ0) is 16.8. The molecule has 0 bridgehead atoms. The Bertz CT molecular complexity index is 688. The lowest BCUT2D eigenvalue weighted by atomic mass is 9.91. The molecule has 2 rings (SSSR count). The fraction of sp³-hybridized carbons (Fsp3) is 0.389. The van der Waals surface area contributed by atoms with Crippen LogP contribution in [-0.2, 0) is 16.0 Å². The van der Waals surface area contributed by atoms with Gasteiger partial charge in [0.05, 0.1) is 23.7 Å². The van der Waals surface area contributed by atoms with Crippen LogP contribution in [0.1, 0.15) is 43.7 Å². The number of hydrogen-bond donors (Lipinski definition) is 0. The molecule has 1 atom stereocenters. The van der Waals surface area contributed by atoms with Crippen molar-refractivity contribution in [1.29, 1.82) is 0 Å². The third-order valence-corrected chi connectivity index (χ3v) is 4.19. The summed E-state index contributed by atoms with van der Waals surface area (Å²) in [4.78, 5) is 20.6. The molecule has 23 heavy (non-hydrogen) atoms. The Morgan fingerprint density at radius 3 is 2.74 bits per heavy atom. The molecule has 0 spiro atoms. The lowest BCUT2D eigenvalue weighted by Gasteiger charge is -2.17. The van der Waals surface area contributed by atoms with Gasteiger partial charge in [-0.3, -0.25) is 4.79 Å². The molecule has 122 valence electrons. The number of aryl methyl sites for hydroxylation is 1. The van der Waals surface area contributed by atoms with Gasteiger partial charge in [0.1, 0.15) is 6.33 Å². The third kappa shape index (κ3) is 3.88. The van der Waals surface area contributed by atoms with Crippen molar-refractivity contribution in [3.63, 3.8) is 0 Å². The summed E-state index contributed by atoms with van der Waals surface area (Å²) in [6, 6.07) is 5.92. The third-order valence-electron chi connectivity index (χ3n) is 3.88. The molecule has 2 aromatic rings. The van der Waals surface area contributed by atoms with Gasteiger partial charge in [0, 0.05) is 17.3 Å². The Labute approximate surface area is 141 Å². The average Bonchev–Trinajstić information content (AvgIpc) is 2.59. The Hall–Kier alpha value is -1.94. The molecule has 4 nitrogen and oxygen atoms in total. The molecule has 0 saturated heterocycles. The molecule has 0 N–H and O–H groups in total. The second kappa shape index (κ2) is 8.06. The van der Waals surface area contributed by atoms with E-state index in [0.717, 1.165) is 29.5 Å². The highest BCUT2D eigenvalue weighted by Crippen LogP contribution is 2.34. The minimum Gasteiger partial charge on any atom is -0.469 e. The number of nitrogens with zero attached hydrogens (tertiary/aromatic N) is 2. The minimum absolute atomic E-state index is 0.274. The van der Waals surface area contributed by atoms with Crippen molar-refractivity contribution < 1.29 is 9.53 Å². The molecule has 1 aromatic heterocycles. The second-order valence-corrected chi connectivity index (χ2v) is 5.77. The summed E-state index contributed by atoms with van der Waals surface area (Å²) in [5.41, 5.74) is 3.42. The smallest absolute Gasteiger partial charge is 0.313 e. The van der Waals surface area contributed by atoms with Crippen molar-refractivity contribution in [2.24, 2.45) is 0 Å². The van der Waals surface area contributed by atoms with Crippen LogP contribution in [0.15, 0.2) is 30.7 Å². The fourth-order valence-corrected chi connectivity index (χ4v) is 2.91. The van der Waals surface area contributed by atoms with E-state index >= 15 is 0 Å². The number of methoxy groups -OCH3 is 1. The largest absolute Gasteiger partial charge is 0.469 e. The van der Waals surface area contributed by atoms with E-state index in [0.29, 0.717) is 17.1 Å². The van der Waals surface area contributed by atoms with E-state index in [1.54, 1.807) is 6.20 Å². The van der Waals surface area contributed by atoms with Crippen molar-refractivity contribution in [2.45, 2.75) is 39.0 Å². The summed E-state index contributed by atoms with van der Waals surface area (Å²) in [5.74, 6) is -0.660. The molecule has 0 saturated carbocycles. The predicted molar refractivity (Wildman–Crippen MR) is 91.5 cm³/mol. The Kier molecular flexibility index (Phi) is 6.11. The van der Waals surface area contributed by atoms with Gasteiger partial charge in [-0.1, -0.05) is 44.0 Å². The van der Waals surface area contributed by atoms with Crippen LogP contribution in [0.25, 0.3) is 11.3 Å². The first kappa shape index (κ1) is 17.4. The van der Waals surface area contributed by atoms with Crippen molar-refractivity contribution in [3.8, 4) is 11.3 Å². The number of halogens is 1. The summed E-state index contributed by atoms with van der Waals surface area (Å²) in [5, 5.41) is 0.629. The van der Waals surface area contributed by atoms with Crippen LogP contribution in [0.3, 0.4) is 0 Å². The van der Waals surface area contributed by atoms with E-state index in [1.165, 1.54) is 13.4 Å². The lowest BCUT2D eigenvalue weighted by Crippen LogP contribution is -2.16. The summed E-state index contributed by atoms with van der Waals surface area (Å²) >= 11 is 6.43. The van der Waals surface area contributed by atoms with E-state index in [2.05, 4.69) is 16.9 Å². The highest BCUT2D eigenvalue weighted by atomic mass is 35.5. The number of carbonyl (C=O) groups excluding carboxylic acids is 1. The van der Waals surface area contributed by atoms with E-state index < -0.39 is 0 Å². The molecule has 0 amide bonds. The van der Waals surface area contributed by atoms with Crippen LogP contribution in [0.2, 0.25) is 5.02 Å². The van der Waals surface area contributed by atoms with Crippen LogP contribution in [0.5, 0.6) is 0 Å². The molecule has 0 aliphatic carbocycles. The van der Waals surface area contributed by atoms with Crippen LogP contribution < -0.4 is 0 Å². The van der Waals surface area contributed by atoms with Crippen LogP contribution >= 0.6 is 11.6 Å². The molecule has 1 unspecified atom stereocenters. The Morgan fingerprint density at radius 2 is 2.13 bits per heavy atom. The summed E-state index contributed by atoms with van der Waals surface area (Å²) in [6.45, 7) is 4.11. The van der Waals surface area contributed by atoms with Gasteiger partial charge in [-0.05, 0) is 24.5 Å². The first-order chi connectivity index (χ1) is 11.1. The number of ether oxygens (including phenoxy) is 1. The molecule has 0 radical (unpaired) electrons. The van der Waals surface area contributed by atoms with Gasteiger partial charge in [-0.15, -0.1) is 0 Å². The van der Waals surface area contributed by atoms with Gasteiger partial charge in [0.15, 0.2) is 0 Å². The molecular weight excluding hydrogens is 312 g/mol. The zero-order valence-corrected chi connectivity index (χ0v) is 14.4. The van der Waals surface area contributed by atoms with Gasteiger partial charge in [0.2, 0.25) is 0 Å². The molecule has 0 aliphatic rings. The zero-order valence-electron chi connectivity index (χ0n) is 13.7. The maximum Gasteiger partial charge on any atom is 0.313 e. The quantitative estimate of drug-likeness (QED) is 0.735. The number of rotatable bonds is 6. The number of benzene rings is 1. The van der Waals surface area contributed by atoms with Crippen molar-refractivity contribution in [3.05, 3.63) is 46.9 Å². The van der Waals surface area contributed by atoms with Gasteiger partial charge in [-0.2, -0.15) is 0 Å². The van der Waals surface area contributed by atoms with Crippen molar-refractivity contribution in [2.75, 3.05) is 7.11 Å². The van der Waals surface area contributed by atoms with Crippen LogP contribution in [0, 0.1) is 0 Å². The van der Waals surface area contributed by atoms with Gasteiger partial charge < -0.3 is 4.74 Å². The monoisotopic (exact) mass is 332 g/mol. The molecule has 0 fully saturated rings. The topological polar surface area (TPSA) is 52.1 Å². The van der Waals surface area contributed by atoms with E-state index in [4.69, 9.17) is 16.3 Å². The Balaban J connectivity index is 2.54. The average molecular weight is 333 g/mol. The second-order valence-electron chi connectivity index (χ2n) is 5.36. The molecule has 0 aliphatic heterocycles. The van der Waals surface area contributed by atoms with Crippen molar-refractivity contribution in [1.82, 2.24) is 9.97 Å². The summed E-state index contributed by atoms with van der Waals surface area (Å²) in [6.07, 6.45) is 5.61. The number of hydrogen-bond acceptors (Lipinski definition) is 4. The lowest BCUT2D eigenvalue weighted by molar-refractivity contribution is -0.142. The fourth-order valence-electron chi connectivity index (χ4n) is 2.62. The van der Waals surface area contributed by atoms with Gasteiger partial charge in [-0.25, -0.2) is 9.97 Å². The summed E-state index contributed by atoms with van der Waals surface area (Å²) in [7, 11) is 1.40. The first-order valence-electron chi connectivity index (χ1n) is 7.78. The van der Waals surface area contributed by atoms with Gasteiger partial charge in [0.25, 0.3) is 0 Å². The van der Waals surface area contributed by atoms with Crippen molar-refractivity contribution >= 4 is 17.6 Å². The number of carbonyl (C=O) groups is 1. The van der Waals surface area contributed by atoms with Crippen LogP contribution in [-0.4, -0.2) is 23.0 Å². The highest BCUT2D eigenvalue weighted by molar-refractivity contribution is 6.33. The standard InChI is InChI=1S/C18H21ClN2O2/c1-4-6-13(18(22)23-3)15-10-20-11-21-17(15)14-8-7-12(5-2)9-16(14)19/h7-11,13H,4-6H2,1-3H3. The van der Waals surface area contributed by atoms with E-state index in [-0.39, 0.29) is 11.9 Å². The number of esters is 1. The normalized spacial score (nSPS) is 12.0. The maximum atomic E-state index is 12.2.